The van der Waals surface area contributed by atoms with Gasteiger partial charge in [-0.2, -0.15) is 0 Å². The zero-order valence-electron chi connectivity index (χ0n) is 10.8. The molecule has 0 fully saturated rings. The number of aromatic nitrogens is 2. The molecule has 0 aliphatic rings. The van der Waals surface area contributed by atoms with Gasteiger partial charge in [-0.3, -0.25) is 4.79 Å². The Morgan fingerprint density at radius 3 is 2.74 bits per heavy atom. The van der Waals surface area contributed by atoms with Crippen molar-refractivity contribution in [3.63, 3.8) is 0 Å². The minimum Gasteiger partial charge on any atom is -0.361 e. The Hall–Kier alpha value is -1.62. The molecule has 1 N–H and O–H groups in total. The molecule has 0 saturated heterocycles. The van der Waals surface area contributed by atoms with Crippen molar-refractivity contribution in [2.45, 2.75) is 26.4 Å². The first-order valence-corrected chi connectivity index (χ1v) is 7.03. The highest BCUT2D eigenvalue weighted by Crippen LogP contribution is 2.11. The third-order valence-electron chi connectivity index (χ3n) is 2.75. The van der Waals surface area contributed by atoms with E-state index in [0.29, 0.717) is 18.9 Å². The SMILES string of the molecule is CCCn1ccnc(NCc2ccc(Br)cc2)c1=O. The zero-order chi connectivity index (χ0) is 13.7. The molecule has 5 heteroatoms. The normalized spacial score (nSPS) is 10.4. The molecular weight excluding hydrogens is 306 g/mol. The van der Waals surface area contributed by atoms with Crippen molar-refractivity contribution in [3.05, 3.63) is 57.0 Å². The molecule has 1 aromatic carbocycles. The van der Waals surface area contributed by atoms with Gasteiger partial charge >= 0.3 is 0 Å². The molecule has 0 radical (unpaired) electrons. The lowest BCUT2D eigenvalue weighted by molar-refractivity contribution is 0.649. The fraction of sp³-hybridized carbons (Fsp3) is 0.286. The number of halogens is 1. The van der Waals surface area contributed by atoms with Crippen molar-refractivity contribution in [1.29, 1.82) is 0 Å². The Bertz CT molecular complexity index is 592. The summed E-state index contributed by atoms with van der Waals surface area (Å²) in [5.74, 6) is 0.402. The molecule has 1 heterocycles. The Morgan fingerprint density at radius 2 is 2.05 bits per heavy atom. The van der Waals surface area contributed by atoms with Crippen molar-refractivity contribution in [2.75, 3.05) is 5.32 Å². The molecule has 0 atom stereocenters. The molecular formula is C14H16BrN3O. The van der Waals surface area contributed by atoms with Crippen molar-refractivity contribution < 1.29 is 0 Å². The number of rotatable bonds is 5. The van der Waals surface area contributed by atoms with E-state index < -0.39 is 0 Å². The summed E-state index contributed by atoms with van der Waals surface area (Å²) >= 11 is 3.39. The molecule has 1 aromatic heterocycles. The molecule has 2 aromatic rings. The van der Waals surface area contributed by atoms with Crippen LogP contribution in [0.4, 0.5) is 5.82 Å². The second-order valence-electron chi connectivity index (χ2n) is 4.25. The summed E-state index contributed by atoms with van der Waals surface area (Å²) in [7, 11) is 0. The predicted octanol–water partition coefficient (Wildman–Crippen LogP) is 3.03. The first kappa shape index (κ1) is 13.8. The summed E-state index contributed by atoms with van der Waals surface area (Å²) in [5.41, 5.74) is 1.04. The maximum absolute atomic E-state index is 12.1. The lowest BCUT2D eigenvalue weighted by Crippen LogP contribution is -2.24. The maximum Gasteiger partial charge on any atom is 0.293 e. The molecule has 0 aliphatic carbocycles. The number of hydrogen-bond donors (Lipinski definition) is 1. The van der Waals surface area contributed by atoms with Crippen LogP contribution in [0.1, 0.15) is 18.9 Å². The molecule has 100 valence electrons. The quantitative estimate of drug-likeness (QED) is 0.920. The number of hydrogen-bond acceptors (Lipinski definition) is 3. The van der Waals surface area contributed by atoms with Crippen LogP contribution in [-0.4, -0.2) is 9.55 Å². The van der Waals surface area contributed by atoms with E-state index in [2.05, 4.69) is 26.2 Å². The minimum absolute atomic E-state index is 0.0681. The number of benzene rings is 1. The molecule has 2 rings (SSSR count). The predicted molar refractivity (Wildman–Crippen MR) is 80.3 cm³/mol. The standard InChI is InChI=1S/C14H16BrN3O/c1-2-8-18-9-7-16-13(14(18)19)17-10-11-3-5-12(15)6-4-11/h3-7,9H,2,8,10H2,1H3,(H,16,17). The van der Waals surface area contributed by atoms with Gasteiger partial charge in [0.05, 0.1) is 0 Å². The van der Waals surface area contributed by atoms with E-state index in [4.69, 9.17) is 0 Å². The first-order valence-electron chi connectivity index (χ1n) is 6.24. The van der Waals surface area contributed by atoms with E-state index in [9.17, 15) is 4.79 Å². The Labute approximate surface area is 120 Å². The molecule has 0 unspecified atom stereocenters. The molecule has 0 aliphatic heterocycles. The molecule has 0 amide bonds. The second kappa shape index (κ2) is 6.52. The third-order valence-corrected chi connectivity index (χ3v) is 3.28. The summed E-state index contributed by atoms with van der Waals surface area (Å²) in [6, 6.07) is 7.96. The zero-order valence-corrected chi connectivity index (χ0v) is 12.4. The van der Waals surface area contributed by atoms with Gasteiger partial charge in [-0.1, -0.05) is 35.0 Å². The van der Waals surface area contributed by atoms with E-state index in [1.165, 1.54) is 0 Å². The molecule has 19 heavy (non-hydrogen) atoms. The number of nitrogens with one attached hydrogen (secondary N) is 1. The first-order chi connectivity index (χ1) is 9.20. The van der Waals surface area contributed by atoms with E-state index in [1.807, 2.05) is 31.2 Å². The van der Waals surface area contributed by atoms with Gasteiger partial charge in [0.1, 0.15) is 0 Å². The van der Waals surface area contributed by atoms with Gasteiger partial charge in [0.15, 0.2) is 5.82 Å². The van der Waals surface area contributed by atoms with Crippen molar-refractivity contribution in [1.82, 2.24) is 9.55 Å². The van der Waals surface area contributed by atoms with Gasteiger partial charge in [0.2, 0.25) is 0 Å². The highest BCUT2D eigenvalue weighted by atomic mass is 79.9. The van der Waals surface area contributed by atoms with Crippen LogP contribution in [0.2, 0.25) is 0 Å². The van der Waals surface area contributed by atoms with E-state index in [-0.39, 0.29) is 5.56 Å². The van der Waals surface area contributed by atoms with Gasteiger partial charge in [0.25, 0.3) is 5.56 Å². The topological polar surface area (TPSA) is 46.9 Å². The molecule has 0 saturated carbocycles. The summed E-state index contributed by atoms with van der Waals surface area (Å²) in [6.07, 6.45) is 4.30. The Balaban J connectivity index is 2.09. The summed E-state index contributed by atoms with van der Waals surface area (Å²) < 4.78 is 2.72. The van der Waals surface area contributed by atoms with Gasteiger partial charge in [-0.15, -0.1) is 0 Å². The maximum atomic E-state index is 12.1. The average molecular weight is 322 g/mol. The second-order valence-corrected chi connectivity index (χ2v) is 5.17. The monoisotopic (exact) mass is 321 g/mol. The van der Waals surface area contributed by atoms with Crippen LogP contribution in [0, 0.1) is 0 Å². The molecule has 4 nitrogen and oxygen atoms in total. The molecule has 0 bridgehead atoms. The van der Waals surface area contributed by atoms with Crippen LogP contribution in [0.5, 0.6) is 0 Å². The van der Waals surface area contributed by atoms with Crippen molar-refractivity contribution in [3.8, 4) is 0 Å². The largest absolute Gasteiger partial charge is 0.361 e. The van der Waals surface area contributed by atoms with Gasteiger partial charge in [-0.25, -0.2) is 4.98 Å². The smallest absolute Gasteiger partial charge is 0.293 e. The lowest BCUT2D eigenvalue weighted by Gasteiger charge is -2.08. The van der Waals surface area contributed by atoms with Crippen LogP contribution in [0.25, 0.3) is 0 Å². The number of nitrogens with zero attached hydrogens (tertiary/aromatic N) is 2. The summed E-state index contributed by atoms with van der Waals surface area (Å²) in [4.78, 5) is 16.2. The number of aryl methyl sites for hydroxylation is 1. The minimum atomic E-state index is -0.0681. The third kappa shape index (κ3) is 3.67. The summed E-state index contributed by atoms with van der Waals surface area (Å²) in [5, 5.41) is 3.09. The number of anilines is 1. The Kier molecular flexibility index (Phi) is 4.74. The van der Waals surface area contributed by atoms with E-state index in [0.717, 1.165) is 16.5 Å². The van der Waals surface area contributed by atoms with Crippen molar-refractivity contribution in [2.24, 2.45) is 0 Å². The van der Waals surface area contributed by atoms with Crippen LogP contribution in [-0.2, 0) is 13.1 Å². The fourth-order valence-electron chi connectivity index (χ4n) is 1.77. The van der Waals surface area contributed by atoms with Gasteiger partial charge < -0.3 is 9.88 Å². The van der Waals surface area contributed by atoms with E-state index >= 15 is 0 Å². The average Bonchev–Trinajstić information content (AvgIpc) is 2.42. The summed E-state index contributed by atoms with van der Waals surface area (Å²) in [6.45, 7) is 3.35. The van der Waals surface area contributed by atoms with Crippen LogP contribution >= 0.6 is 15.9 Å². The highest BCUT2D eigenvalue weighted by Gasteiger charge is 2.03. The van der Waals surface area contributed by atoms with Gasteiger partial charge in [-0.05, 0) is 24.1 Å². The Morgan fingerprint density at radius 1 is 1.32 bits per heavy atom. The van der Waals surface area contributed by atoms with Crippen LogP contribution in [0.15, 0.2) is 45.9 Å². The van der Waals surface area contributed by atoms with E-state index in [1.54, 1.807) is 17.0 Å². The highest BCUT2D eigenvalue weighted by molar-refractivity contribution is 9.10. The molecule has 0 spiro atoms. The fourth-order valence-corrected chi connectivity index (χ4v) is 2.04. The van der Waals surface area contributed by atoms with Gasteiger partial charge in [0, 0.05) is 30.0 Å². The van der Waals surface area contributed by atoms with Crippen LogP contribution in [0.3, 0.4) is 0 Å². The van der Waals surface area contributed by atoms with Crippen molar-refractivity contribution >= 4 is 21.7 Å². The lowest BCUT2D eigenvalue weighted by atomic mass is 10.2. The van der Waals surface area contributed by atoms with Crippen LogP contribution < -0.4 is 10.9 Å².